The van der Waals surface area contributed by atoms with Gasteiger partial charge >= 0.3 is 0 Å². The second-order valence-corrected chi connectivity index (χ2v) is 5.48. The highest BCUT2D eigenvalue weighted by Gasteiger charge is 2.09. The van der Waals surface area contributed by atoms with Crippen LogP contribution >= 0.6 is 11.3 Å². The Morgan fingerprint density at radius 1 is 1.10 bits per heavy atom. The van der Waals surface area contributed by atoms with Gasteiger partial charge in [-0.2, -0.15) is 0 Å². The fourth-order valence-electron chi connectivity index (χ4n) is 1.97. The van der Waals surface area contributed by atoms with Gasteiger partial charge in [0, 0.05) is 29.9 Å². The number of rotatable bonds is 3. The minimum absolute atomic E-state index is 0.781. The zero-order valence-electron chi connectivity index (χ0n) is 11.1. The lowest BCUT2D eigenvalue weighted by Crippen LogP contribution is -1.92. The van der Waals surface area contributed by atoms with Gasteiger partial charge in [-0.3, -0.25) is 9.97 Å². The molecule has 2 heterocycles. The van der Waals surface area contributed by atoms with Crippen LogP contribution in [0.25, 0.3) is 11.4 Å². The lowest BCUT2D eigenvalue weighted by Gasteiger charge is -2.00. The maximum Gasteiger partial charge on any atom is 0.111 e. The zero-order valence-corrected chi connectivity index (χ0v) is 11.9. The normalized spacial score (nSPS) is 10.7. The van der Waals surface area contributed by atoms with E-state index in [-0.39, 0.29) is 0 Å². The summed E-state index contributed by atoms with van der Waals surface area (Å²) in [5.41, 5.74) is 10.3. The largest absolute Gasteiger partial charge is 0.399 e. The number of nitrogens with two attached hydrogens (primary N) is 1. The molecule has 3 rings (SSSR count). The molecule has 0 radical (unpaired) electrons. The Balaban J connectivity index is 1.84. The minimum Gasteiger partial charge on any atom is -0.399 e. The highest BCUT2D eigenvalue weighted by molar-refractivity contribution is 7.10. The Kier molecular flexibility index (Phi) is 3.43. The molecule has 4 nitrogen and oxygen atoms in total. The Morgan fingerprint density at radius 3 is 2.60 bits per heavy atom. The van der Waals surface area contributed by atoms with Gasteiger partial charge in [0.1, 0.15) is 11.4 Å². The van der Waals surface area contributed by atoms with Crippen LogP contribution in [0.5, 0.6) is 0 Å². The third-order valence-corrected chi connectivity index (χ3v) is 3.86. The van der Waals surface area contributed by atoms with Gasteiger partial charge in [0.05, 0.1) is 10.7 Å². The predicted octanol–water partition coefficient (Wildman–Crippen LogP) is 3.08. The second-order valence-electron chi connectivity index (χ2n) is 4.54. The molecule has 0 aliphatic heterocycles. The van der Waals surface area contributed by atoms with Crippen LogP contribution < -0.4 is 5.73 Å². The third-order valence-electron chi connectivity index (χ3n) is 3.01. The number of aryl methyl sites for hydroxylation is 1. The van der Waals surface area contributed by atoms with Crippen molar-refractivity contribution in [3.63, 3.8) is 0 Å². The van der Waals surface area contributed by atoms with Gasteiger partial charge in [-0.15, -0.1) is 11.3 Å². The summed E-state index contributed by atoms with van der Waals surface area (Å²) in [5.74, 6) is 0. The molecule has 0 spiro atoms. The molecule has 0 unspecified atom stereocenters. The van der Waals surface area contributed by atoms with E-state index < -0.39 is 0 Å². The molecule has 20 heavy (non-hydrogen) atoms. The van der Waals surface area contributed by atoms with Crippen molar-refractivity contribution in [3.05, 3.63) is 58.3 Å². The van der Waals surface area contributed by atoms with E-state index in [1.54, 1.807) is 23.7 Å². The molecule has 0 atom stereocenters. The van der Waals surface area contributed by atoms with Crippen molar-refractivity contribution >= 4 is 17.0 Å². The summed E-state index contributed by atoms with van der Waals surface area (Å²) in [6, 6.07) is 7.89. The molecule has 2 N–H and O–H groups in total. The lowest BCUT2D eigenvalue weighted by molar-refractivity contribution is 1.09. The third kappa shape index (κ3) is 2.67. The maximum atomic E-state index is 5.69. The van der Waals surface area contributed by atoms with Crippen molar-refractivity contribution in [3.8, 4) is 11.4 Å². The average Bonchev–Trinajstić information content (AvgIpc) is 2.90. The molecule has 0 aliphatic rings. The fourth-order valence-corrected chi connectivity index (χ4v) is 2.78. The number of hydrogen-bond donors (Lipinski definition) is 1. The van der Waals surface area contributed by atoms with Crippen LogP contribution in [0.15, 0.2) is 42.0 Å². The first-order chi connectivity index (χ1) is 9.72. The van der Waals surface area contributed by atoms with Crippen molar-refractivity contribution < 1.29 is 0 Å². The number of anilines is 1. The van der Waals surface area contributed by atoms with E-state index in [9.17, 15) is 0 Å². The van der Waals surface area contributed by atoms with Crippen LogP contribution in [0.3, 0.4) is 0 Å². The Morgan fingerprint density at radius 2 is 1.85 bits per heavy atom. The predicted molar refractivity (Wildman–Crippen MR) is 81.5 cm³/mol. The van der Waals surface area contributed by atoms with Gasteiger partial charge in [0.15, 0.2) is 0 Å². The molecule has 3 aromatic rings. The van der Waals surface area contributed by atoms with Crippen molar-refractivity contribution in [2.24, 2.45) is 0 Å². The van der Waals surface area contributed by atoms with Crippen LogP contribution in [0, 0.1) is 6.92 Å². The molecule has 0 fully saturated rings. The minimum atomic E-state index is 0.781. The van der Waals surface area contributed by atoms with Crippen LogP contribution in [-0.2, 0) is 6.42 Å². The lowest BCUT2D eigenvalue weighted by atomic mass is 10.1. The second kappa shape index (κ2) is 5.38. The topological polar surface area (TPSA) is 64.7 Å². The molecule has 2 aromatic heterocycles. The van der Waals surface area contributed by atoms with E-state index in [0.29, 0.717) is 0 Å². The van der Waals surface area contributed by atoms with E-state index in [2.05, 4.69) is 15.0 Å². The molecular weight excluding hydrogens is 268 g/mol. The summed E-state index contributed by atoms with van der Waals surface area (Å²) in [6.45, 7) is 1.95. The van der Waals surface area contributed by atoms with Gasteiger partial charge < -0.3 is 5.73 Å². The van der Waals surface area contributed by atoms with Crippen molar-refractivity contribution in [1.29, 1.82) is 0 Å². The number of hydrogen-bond acceptors (Lipinski definition) is 5. The van der Waals surface area contributed by atoms with Gasteiger partial charge in [0.2, 0.25) is 0 Å². The molecule has 5 heteroatoms. The SMILES string of the molecule is Cc1nccnc1-c1csc(Cc2ccc(N)cc2)n1. The van der Waals surface area contributed by atoms with Crippen molar-refractivity contribution in [2.75, 3.05) is 5.73 Å². The summed E-state index contributed by atoms with van der Waals surface area (Å²) in [5, 5.41) is 3.10. The molecule has 0 saturated carbocycles. The first kappa shape index (κ1) is 12.7. The first-order valence-electron chi connectivity index (χ1n) is 6.29. The van der Waals surface area contributed by atoms with E-state index in [1.165, 1.54) is 5.56 Å². The van der Waals surface area contributed by atoms with Gasteiger partial charge in [0.25, 0.3) is 0 Å². The quantitative estimate of drug-likeness (QED) is 0.750. The number of nitrogens with zero attached hydrogens (tertiary/aromatic N) is 3. The van der Waals surface area contributed by atoms with Crippen molar-refractivity contribution in [1.82, 2.24) is 15.0 Å². The van der Waals surface area contributed by atoms with Gasteiger partial charge in [-0.25, -0.2) is 4.98 Å². The first-order valence-corrected chi connectivity index (χ1v) is 7.17. The summed E-state index contributed by atoms with van der Waals surface area (Å²) < 4.78 is 0. The standard InChI is InChI=1S/C15H14N4S/c1-10-15(18-7-6-17-10)13-9-20-14(19-13)8-11-2-4-12(16)5-3-11/h2-7,9H,8,16H2,1H3. The molecule has 100 valence electrons. The summed E-state index contributed by atoms with van der Waals surface area (Å²) in [4.78, 5) is 13.2. The van der Waals surface area contributed by atoms with Crippen LogP contribution in [0.2, 0.25) is 0 Å². The number of nitrogen functional groups attached to an aromatic ring is 1. The van der Waals surface area contributed by atoms with Crippen LogP contribution in [0.1, 0.15) is 16.3 Å². The zero-order chi connectivity index (χ0) is 13.9. The van der Waals surface area contributed by atoms with Crippen molar-refractivity contribution in [2.45, 2.75) is 13.3 Å². The molecular formula is C15H14N4S. The van der Waals surface area contributed by atoms with E-state index in [1.807, 2.05) is 36.6 Å². The van der Waals surface area contributed by atoms with E-state index >= 15 is 0 Å². The van der Waals surface area contributed by atoms with Gasteiger partial charge in [-0.1, -0.05) is 12.1 Å². The average molecular weight is 282 g/mol. The number of aromatic nitrogens is 3. The summed E-state index contributed by atoms with van der Waals surface area (Å²) in [6.07, 6.45) is 4.20. The maximum absolute atomic E-state index is 5.69. The van der Waals surface area contributed by atoms with E-state index in [0.717, 1.165) is 34.2 Å². The monoisotopic (exact) mass is 282 g/mol. The molecule has 0 aliphatic carbocycles. The highest BCUT2D eigenvalue weighted by Crippen LogP contribution is 2.23. The van der Waals surface area contributed by atoms with Crippen LogP contribution in [-0.4, -0.2) is 15.0 Å². The number of benzene rings is 1. The Hall–Kier alpha value is -2.27. The Bertz CT molecular complexity index is 719. The smallest absolute Gasteiger partial charge is 0.111 e. The number of thiazole rings is 1. The van der Waals surface area contributed by atoms with Gasteiger partial charge in [-0.05, 0) is 24.6 Å². The van der Waals surface area contributed by atoms with Crippen LogP contribution in [0.4, 0.5) is 5.69 Å². The molecule has 0 bridgehead atoms. The summed E-state index contributed by atoms with van der Waals surface area (Å²) >= 11 is 1.64. The van der Waals surface area contributed by atoms with E-state index in [4.69, 9.17) is 5.73 Å². The Labute approximate surface area is 121 Å². The highest BCUT2D eigenvalue weighted by atomic mass is 32.1. The molecule has 0 saturated heterocycles. The molecule has 0 amide bonds. The molecule has 1 aromatic carbocycles. The summed E-state index contributed by atoms with van der Waals surface area (Å²) in [7, 11) is 0. The fraction of sp³-hybridized carbons (Fsp3) is 0.133.